The van der Waals surface area contributed by atoms with Gasteiger partial charge in [0.1, 0.15) is 12.6 Å². The van der Waals surface area contributed by atoms with Crippen molar-refractivity contribution >= 4 is 0 Å². The molecule has 0 spiro atoms. The summed E-state index contributed by atoms with van der Waals surface area (Å²) in [6, 6.07) is 0.734. The Bertz CT molecular complexity index is 342. The van der Waals surface area contributed by atoms with E-state index in [4.69, 9.17) is 4.74 Å². The molecule has 0 aromatic carbocycles. The molecule has 0 amide bonds. The number of nitrogens with zero attached hydrogens (tertiary/aromatic N) is 2. The first kappa shape index (κ1) is 10.3. The predicted octanol–water partition coefficient (Wildman–Crippen LogP) is 1.52. The summed E-state index contributed by atoms with van der Waals surface area (Å²) in [6.45, 7) is 2.43. The van der Waals surface area contributed by atoms with Crippen molar-refractivity contribution < 1.29 is 4.74 Å². The van der Waals surface area contributed by atoms with Crippen molar-refractivity contribution in [1.82, 2.24) is 14.9 Å². The van der Waals surface area contributed by atoms with Crippen LogP contribution in [-0.4, -0.2) is 22.2 Å². The molecule has 2 aliphatic carbocycles. The zero-order chi connectivity index (χ0) is 10.8. The Morgan fingerprint density at radius 2 is 2.25 bits per heavy atom. The van der Waals surface area contributed by atoms with Gasteiger partial charge >= 0.3 is 0 Å². The Morgan fingerprint density at radius 1 is 1.38 bits per heavy atom. The minimum atomic E-state index is 0.651. The lowest BCUT2D eigenvalue weighted by Gasteiger charge is -2.08. The van der Waals surface area contributed by atoms with Gasteiger partial charge in [-0.2, -0.15) is 0 Å². The quantitative estimate of drug-likeness (QED) is 0.758. The van der Waals surface area contributed by atoms with Crippen molar-refractivity contribution in [2.24, 2.45) is 5.92 Å². The van der Waals surface area contributed by atoms with E-state index in [2.05, 4.69) is 14.9 Å². The van der Waals surface area contributed by atoms with Crippen molar-refractivity contribution in [3.63, 3.8) is 0 Å². The summed E-state index contributed by atoms with van der Waals surface area (Å²) in [5.41, 5.74) is 0. The predicted molar refractivity (Wildman–Crippen MR) is 60.8 cm³/mol. The van der Waals surface area contributed by atoms with Crippen LogP contribution in [0.1, 0.15) is 31.5 Å². The van der Waals surface area contributed by atoms with Gasteiger partial charge in [0.15, 0.2) is 0 Å². The molecular weight excluding hydrogens is 202 g/mol. The van der Waals surface area contributed by atoms with Crippen molar-refractivity contribution in [1.29, 1.82) is 0 Å². The number of ether oxygens (including phenoxy) is 1. The van der Waals surface area contributed by atoms with Crippen LogP contribution in [0.15, 0.2) is 12.4 Å². The van der Waals surface area contributed by atoms with Gasteiger partial charge in [0.05, 0.1) is 13.2 Å². The minimum absolute atomic E-state index is 0.651. The van der Waals surface area contributed by atoms with Crippen molar-refractivity contribution in [3.8, 4) is 0 Å². The highest BCUT2D eigenvalue weighted by Crippen LogP contribution is 2.28. The van der Waals surface area contributed by atoms with E-state index in [9.17, 15) is 0 Å². The monoisotopic (exact) mass is 221 g/mol. The summed E-state index contributed by atoms with van der Waals surface area (Å²) < 4.78 is 7.76. The van der Waals surface area contributed by atoms with Gasteiger partial charge in [0, 0.05) is 18.4 Å². The fourth-order valence-corrected chi connectivity index (χ4v) is 1.75. The molecule has 0 unspecified atom stereocenters. The van der Waals surface area contributed by atoms with Crippen LogP contribution in [0.4, 0.5) is 0 Å². The van der Waals surface area contributed by atoms with Gasteiger partial charge in [-0.1, -0.05) is 0 Å². The SMILES string of the molecule is c1cn(COCC2CC2)c(CNC2CC2)n1. The molecule has 1 N–H and O–H groups in total. The molecule has 2 aliphatic rings. The summed E-state index contributed by atoms with van der Waals surface area (Å²) in [5, 5.41) is 3.47. The van der Waals surface area contributed by atoms with Gasteiger partial charge in [-0.3, -0.25) is 0 Å². The van der Waals surface area contributed by atoms with Crippen molar-refractivity contribution in [2.45, 2.75) is 45.0 Å². The molecule has 16 heavy (non-hydrogen) atoms. The zero-order valence-corrected chi connectivity index (χ0v) is 9.56. The number of rotatable bonds is 7. The van der Waals surface area contributed by atoms with E-state index in [1.165, 1.54) is 25.7 Å². The summed E-state index contributed by atoms with van der Waals surface area (Å²) in [4.78, 5) is 4.35. The van der Waals surface area contributed by atoms with Crippen LogP contribution in [-0.2, 0) is 18.0 Å². The maximum absolute atomic E-state index is 5.66. The smallest absolute Gasteiger partial charge is 0.124 e. The number of imidazole rings is 1. The fraction of sp³-hybridized carbons (Fsp3) is 0.750. The molecule has 0 aliphatic heterocycles. The molecule has 0 bridgehead atoms. The van der Waals surface area contributed by atoms with E-state index in [1.807, 2.05) is 12.4 Å². The second-order valence-electron chi connectivity index (χ2n) is 4.91. The number of aromatic nitrogens is 2. The zero-order valence-electron chi connectivity index (χ0n) is 9.56. The van der Waals surface area contributed by atoms with E-state index in [0.717, 1.165) is 30.9 Å². The van der Waals surface area contributed by atoms with Gasteiger partial charge in [-0.25, -0.2) is 4.98 Å². The lowest BCUT2D eigenvalue weighted by molar-refractivity contribution is 0.0669. The molecule has 4 nitrogen and oxygen atoms in total. The van der Waals surface area contributed by atoms with Crippen LogP contribution in [0.25, 0.3) is 0 Å². The topological polar surface area (TPSA) is 39.1 Å². The average molecular weight is 221 g/mol. The Balaban J connectivity index is 1.45. The summed E-state index contributed by atoms with van der Waals surface area (Å²) >= 11 is 0. The maximum atomic E-state index is 5.66. The molecule has 1 heterocycles. The van der Waals surface area contributed by atoms with Crippen molar-refractivity contribution in [2.75, 3.05) is 6.61 Å². The summed E-state index contributed by atoms with van der Waals surface area (Å²) in [5.74, 6) is 1.92. The Kier molecular flexibility index (Phi) is 2.93. The molecule has 2 saturated carbocycles. The molecule has 0 atom stereocenters. The Morgan fingerprint density at radius 3 is 3.00 bits per heavy atom. The molecule has 0 radical (unpaired) electrons. The third-order valence-electron chi connectivity index (χ3n) is 3.21. The third kappa shape index (κ3) is 2.83. The number of nitrogens with one attached hydrogen (secondary N) is 1. The molecule has 4 heteroatoms. The molecule has 2 fully saturated rings. The lowest BCUT2D eigenvalue weighted by Crippen LogP contribution is -2.19. The average Bonchev–Trinajstić information content (AvgIpc) is 3.18. The van der Waals surface area contributed by atoms with E-state index in [1.54, 1.807) is 0 Å². The maximum Gasteiger partial charge on any atom is 0.124 e. The van der Waals surface area contributed by atoms with Gasteiger partial charge in [-0.05, 0) is 31.6 Å². The molecule has 3 rings (SSSR count). The van der Waals surface area contributed by atoms with Gasteiger partial charge in [-0.15, -0.1) is 0 Å². The summed E-state index contributed by atoms with van der Waals surface area (Å²) in [6.07, 6.45) is 9.18. The van der Waals surface area contributed by atoms with Gasteiger partial charge in [0.2, 0.25) is 0 Å². The number of hydrogen-bond donors (Lipinski definition) is 1. The molecule has 0 saturated heterocycles. The standard InChI is InChI=1S/C12H19N3O/c1-2-10(1)8-16-9-15-6-5-13-12(15)7-14-11-3-4-11/h5-6,10-11,14H,1-4,7-9H2. The second-order valence-corrected chi connectivity index (χ2v) is 4.91. The van der Waals surface area contributed by atoms with E-state index < -0.39 is 0 Å². The highest BCUT2D eigenvalue weighted by atomic mass is 16.5. The van der Waals surface area contributed by atoms with Crippen LogP contribution < -0.4 is 5.32 Å². The lowest BCUT2D eigenvalue weighted by atomic mass is 10.5. The van der Waals surface area contributed by atoms with E-state index >= 15 is 0 Å². The summed E-state index contributed by atoms with van der Waals surface area (Å²) in [7, 11) is 0. The molecular formula is C12H19N3O. The van der Waals surface area contributed by atoms with Gasteiger partial charge < -0.3 is 14.6 Å². The van der Waals surface area contributed by atoms with E-state index in [-0.39, 0.29) is 0 Å². The van der Waals surface area contributed by atoms with Crippen LogP contribution >= 0.6 is 0 Å². The highest BCUT2D eigenvalue weighted by molar-refractivity contribution is 4.93. The normalized spacial score (nSPS) is 20.2. The highest BCUT2D eigenvalue weighted by Gasteiger charge is 2.22. The fourth-order valence-electron chi connectivity index (χ4n) is 1.75. The van der Waals surface area contributed by atoms with Crippen LogP contribution in [0, 0.1) is 5.92 Å². The first-order valence-corrected chi connectivity index (χ1v) is 6.23. The Labute approximate surface area is 96.0 Å². The molecule has 1 aromatic heterocycles. The Hall–Kier alpha value is -0.870. The minimum Gasteiger partial charge on any atom is -0.360 e. The van der Waals surface area contributed by atoms with Crippen LogP contribution in [0.5, 0.6) is 0 Å². The molecule has 88 valence electrons. The van der Waals surface area contributed by atoms with E-state index in [0.29, 0.717) is 6.73 Å². The van der Waals surface area contributed by atoms with Crippen LogP contribution in [0.2, 0.25) is 0 Å². The second kappa shape index (κ2) is 4.55. The number of hydrogen-bond acceptors (Lipinski definition) is 3. The van der Waals surface area contributed by atoms with Crippen LogP contribution in [0.3, 0.4) is 0 Å². The third-order valence-corrected chi connectivity index (χ3v) is 3.21. The first-order valence-electron chi connectivity index (χ1n) is 6.23. The largest absolute Gasteiger partial charge is 0.360 e. The molecule has 1 aromatic rings. The first-order chi connectivity index (χ1) is 7.92. The van der Waals surface area contributed by atoms with Gasteiger partial charge in [0.25, 0.3) is 0 Å². The van der Waals surface area contributed by atoms with Crippen molar-refractivity contribution in [3.05, 3.63) is 18.2 Å².